The predicted molar refractivity (Wildman–Crippen MR) is 124 cm³/mol. The first kappa shape index (κ1) is 21.6. The van der Waals surface area contributed by atoms with Crippen molar-refractivity contribution in [3.05, 3.63) is 88.4 Å². The Hall–Kier alpha value is -3.59. The molecule has 2 heterocycles. The first-order chi connectivity index (χ1) is 15.4. The highest BCUT2D eigenvalue weighted by molar-refractivity contribution is 9.10. The van der Waals surface area contributed by atoms with Crippen LogP contribution in [0.25, 0.3) is 0 Å². The summed E-state index contributed by atoms with van der Waals surface area (Å²) in [4.78, 5) is 12.5. The molecule has 0 unspecified atom stereocenters. The number of hydrogen-bond acceptors (Lipinski definition) is 5. The number of halogens is 1. The number of amides is 1. The van der Waals surface area contributed by atoms with Crippen molar-refractivity contribution in [1.29, 1.82) is 0 Å². The second kappa shape index (κ2) is 9.69. The van der Waals surface area contributed by atoms with Crippen molar-refractivity contribution in [2.45, 2.75) is 27.3 Å². The average molecular weight is 496 g/mol. The van der Waals surface area contributed by atoms with Crippen LogP contribution in [0.4, 0.5) is 5.69 Å². The minimum atomic E-state index is -0.330. The number of rotatable bonds is 8. The summed E-state index contributed by atoms with van der Waals surface area (Å²) in [7, 11) is 0. The molecule has 0 aliphatic carbocycles. The molecular formula is C23H22BrN5O3. The van der Waals surface area contributed by atoms with E-state index in [2.05, 4.69) is 37.5 Å². The van der Waals surface area contributed by atoms with Crippen LogP contribution < -0.4 is 14.8 Å². The van der Waals surface area contributed by atoms with Gasteiger partial charge >= 0.3 is 0 Å². The lowest BCUT2D eigenvalue weighted by molar-refractivity contribution is 0.102. The summed E-state index contributed by atoms with van der Waals surface area (Å²) in [5.74, 6) is 1.16. The largest absolute Gasteiger partial charge is 0.471 e. The second-order valence-electron chi connectivity index (χ2n) is 7.29. The second-order valence-corrected chi connectivity index (χ2v) is 8.20. The third kappa shape index (κ3) is 5.76. The molecule has 0 radical (unpaired) electrons. The van der Waals surface area contributed by atoms with E-state index in [1.165, 1.54) is 0 Å². The Bertz CT molecular complexity index is 1200. The third-order valence-corrected chi connectivity index (χ3v) is 5.03. The van der Waals surface area contributed by atoms with Gasteiger partial charge in [0.1, 0.15) is 11.5 Å². The Morgan fingerprint density at radius 3 is 2.41 bits per heavy atom. The lowest BCUT2D eigenvalue weighted by atomic mass is 10.1. The van der Waals surface area contributed by atoms with Gasteiger partial charge < -0.3 is 14.8 Å². The molecule has 0 bridgehead atoms. The van der Waals surface area contributed by atoms with Crippen LogP contribution in [-0.2, 0) is 13.5 Å². The summed E-state index contributed by atoms with van der Waals surface area (Å²) in [6.45, 7) is 4.47. The average Bonchev–Trinajstić information content (AvgIpc) is 3.41. The maximum absolute atomic E-state index is 12.5. The molecule has 1 N–H and O–H groups in total. The maximum atomic E-state index is 12.5. The number of benzene rings is 2. The fourth-order valence-electron chi connectivity index (χ4n) is 3.08. The van der Waals surface area contributed by atoms with E-state index in [9.17, 15) is 4.79 Å². The topological polar surface area (TPSA) is 83.2 Å². The minimum Gasteiger partial charge on any atom is -0.471 e. The van der Waals surface area contributed by atoms with Crippen molar-refractivity contribution in [2.24, 2.45) is 0 Å². The highest BCUT2D eigenvalue weighted by Gasteiger charge is 2.11. The number of nitrogens with one attached hydrogen (secondary N) is 1. The zero-order valence-electron chi connectivity index (χ0n) is 17.7. The fraction of sp³-hybridized carbons (Fsp3) is 0.174. The van der Waals surface area contributed by atoms with E-state index in [0.29, 0.717) is 5.69 Å². The van der Waals surface area contributed by atoms with E-state index in [0.717, 1.165) is 27.1 Å². The lowest BCUT2D eigenvalue weighted by Crippen LogP contribution is -2.14. The quantitative estimate of drug-likeness (QED) is 0.380. The molecule has 0 aliphatic rings. The van der Waals surface area contributed by atoms with E-state index in [-0.39, 0.29) is 25.1 Å². The molecule has 32 heavy (non-hydrogen) atoms. The van der Waals surface area contributed by atoms with Gasteiger partial charge in [-0.3, -0.25) is 4.79 Å². The molecule has 0 spiro atoms. The maximum Gasteiger partial charge on any atom is 0.276 e. The molecule has 0 saturated carbocycles. The Morgan fingerprint density at radius 1 is 0.969 bits per heavy atom. The molecule has 0 fully saturated rings. The first-order valence-electron chi connectivity index (χ1n) is 9.91. The Morgan fingerprint density at radius 2 is 1.66 bits per heavy atom. The number of carbonyl (C=O) groups excluding carboxylic acids is 1. The van der Waals surface area contributed by atoms with Gasteiger partial charge in [-0.05, 0) is 67.4 Å². The first-order valence-corrected chi connectivity index (χ1v) is 10.7. The smallest absolute Gasteiger partial charge is 0.276 e. The predicted octanol–water partition coefficient (Wildman–Crippen LogP) is 4.78. The van der Waals surface area contributed by atoms with E-state index >= 15 is 0 Å². The molecule has 2 aromatic heterocycles. The van der Waals surface area contributed by atoms with Crippen molar-refractivity contribution in [2.75, 3.05) is 5.32 Å². The van der Waals surface area contributed by atoms with Gasteiger partial charge in [-0.15, -0.1) is 0 Å². The summed E-state index contributed by atoms with van der Waals surface area (Å²) in [5, 5.41) is 11.3. The zero-order valence-corrected chi connectivity index (χ0v) is 19.2. The SMILES string of the molecule is Cc1cc(C)cc(OCn2ccc(C(=O)Nc3cnn(COc4ccc(Br)cc4)c3)n2)c1. The Balaban J connectivity index is 1.29. The summed E-state index contributed by atoms with van der Waals surface area (Å²) in [6.07, 6.45) is 4.95. The van der Waals surface area contributed by atoms with E-state index in [1.807, 2.05) is 50.2 Å². The van der Waals surface area contributed by atoms with Crippen molar-refractivity contribution < 1.29 is 14.3 Å². The minimum absolute atomic E-state index is 0.210. The Labute approximate surface area is 193 Å². The van der Waals surface area contributed by atoms with E-state index < -0.39 is 0 Å². The molecule has 164 valence electrons. The highest BCUT2D eigenvalue weighted by atomic mass is 79.9. The fourth-order valence-corrected chi connectivity index (χ4v) is 3.34. The summed E-state index contributed by atoms with van der Waals surface area (Å²) < 4.78 is 15.6. The lowest BCUT2D eigenvalue weighted by Gasteiger charge is -2.08. The molecular weight excluding hydrogens is 474 g/mol. The molecule has 4 aromatic rings. The molecule has 9 heteroatoms. The van der Waals surface area contributed by atoms with Crippen molar-refractivity contribution in [1.82, 2.24) is 19.6 Å². The number of anilines is 1. The molecule has 0 atom stereocenters. The van der Waals surface area contributed by atoms with Gasteiger partial charge in [-0.1, -0.05) is 22.0 Å². The number of nitrogens with zero attached hydrogens (tertiary/aromatic N) is 4. The van der Waals surface area contributed by atoms with Crippen LogP contribution in [0.15, 0.2) is 71.6 Å². The van der Waals surface area contributed by atoms with Gasteiger partial charge in [-0.2, -0.15) is 10.2 Å². The molecule has 1 amide bonds. The Kier molecular flexibility index (Phi) is 6.55. The summed E-state index contributed by atoms with van der Waals surface area (Å²) >= 11 is 3.39. The molecule has 0 aliphatic heterocycles. The van der Waals surface area contributed by atoms with Gasteiger partial charge in [0.05, 0.1) is 18.1 Å². The number of aryl methyl sites for hydroxylation is 2. The van der Waals surface area contributed by atoms with Crippen molar-refractivity contribution >= 4 is 27.5 Å². The van der Waals surface area contributed by atoms with Gasteiger partial charge in [0, 0.05) is 10.7 Å². The third-order valence-electron chi connectivity index (χ3n) is 4.50. The number of aromatic nitrogens is 4. The van der Waals surface area contributed by atoms with Crippen LogP contribution in [0.3, 0.4) is 0 Å². The zero-order chi connectivity index (χ0) is 22.5. The van der Waals surface area contributed by atoms with E-state index in [1.54, 1.807) is 34.0 Å². The van der Waals surface area contributed by atoms with Crippen molar-refractivity contribution in [3.8, 4) is 11.5 Å². The number of carbonyl (C=O) groups is 1. The standard InChI is InChI=1S/C23H22BrN5O3/c1-16-9-17(2)11-21(10-16)32-14-28-8-7-22(27-28)23(30)26-19-12-25-29(13-19)15-31-20-5-3-18(24)4-6-20/h3-13H,14-15H2,1-2H3,(H,26,30). The molecule has 4 rings (SSSR count). The summed E-state index contributed by atoms with van der Waals surface area (Å²) in [6, 6.07) is 15.2. The van der Waals surface area contributed by atoms with Gasteiger partial charge in [0.15, 0.2) is 19.2 Å². The van der Waals surface area contributed by atoms with Crippen LogP contribution in [0.1, 0.15) is 21.6 Å². The van der Waals surface area contributed by atoms with Crippen LogP contribution >= 0.6 is 15.9 Å². The van der Waals surface area contributed by atoms with Gasteiger partial charge in [-0.25, -0.2) is 9.36 Å². The molecule has 2 aromatic carbocycles. The highest BCUT2D eigenvalue weighted by Crippen LogP contribution is 2.18. The van der Waals surface area contributed by atoms with Gasteiger partial charge in [0.2, 0.25) is 0 Å². The van der Waals surface area contributed by atoms with Crippen LogP contribution in [-0.4, -0.2) is 25.5 Å². The van der Waals surface area contributed by atoms with Crippen LogP contribution in [0, 0.1) is 13.8 Å². The molecule has 0 saturated heterocycles. The molecule has 8 nitrogen and oxygen atoms in total. The monoisotopic (exact) mass is 495 g/mol. The number of hydrogen-bond donors (Lipinski definition) is 1. The number of ether oxygens (including phenoxy) is 2. The van der Waals surface area contributed by atoms with Crippen molar-refractivity contribution in [3.63, 3.8) is 0 Å². The normalized spacial score (nSPS) is 10.7. The van der Waals surface area contributed by atoms with Crippen LogP contribution in [0.2, 0.25) is 0 Å². The summed E-state index contributed by atoms with van der Waals surface area (Å²) in [5.41, 5.74) is 3.09. The van der Waals surface area contributed by atoms with Crippen LogP contribution in [0.5, 0.6) is 11.5 Å². The van der Waals surface area contributed by atoms with E-state index in [4.69, 9.17) is 9.47 Å². The van der Waals surface area contributed by atoms with Gasteiger partial charge in [0.25, 0.3) is 5.91 Å².